The summed E-state index contributed by atoms with van der Waals surface area (Å²) in [5, 5.41) is 3.28. The second-order valence-electron chi connectivity index (χ2n) is 6.23. The Kier molecular flexibility index (Phi) is 4.42. The van der Waals surface area contributed by atoms with Crippen molar-refractivity contribution in [2.24, 2.45) is 5.92 Å². The van der Waals surface area contributed by atoms with Crippen LogP contribution in [0.2, 0.25) is 0 Å². The van der Waals surface area contributed by atoms with Crippen LogP contribution < -0.4 is 5.32 Å². The highest BCUT2D eigenvalue weighted by molar-refractivity contribution is 5.99. The monoisotopic (exact) mass is 287 g/mol. The second-order valence-corrected chi connectivity index (χ2v) is 6.23. The van der Waals surface area contributed by atoms with Crippen LogP contribution in [0.15, 0.2) is 18.3 Å². The zero-order chi connectivity index (χ0) is 14.7. The van der Waals surface area contributed by atoms with E-state index in [9.17, 15) is 4.79 Å². The molecule has 1 aromatic heterocycles. The van der Waals surface area contributed by atoms with Gasteiger partial charge in [0.15, 0.2) is 0 Å². The van der Waals surface area contributed by atoms with Crippen molar-refractivity contribution < 1.29 is 4.79 Å². The molecule has 2 unspecified atom stereocenters. The van der Waals surface area contributed by atoms with Crippen molar-refractivity contribution in [2.75, 3.05) is 18.4 Å². The zero-order valence-corrected chi connectivity index (χ0v) is 12.8. The molecule has 2 heterocycles. The second kappa shape index (κ2) is 6.46. The summed E-state index contributed by atoms with van der Waals surface area (Å²) in [4.78, 5) is 19.5. The number of amides is 1. The molecule has 114 valence electrons. The van der Waals surface area contributed by atoms with E-state index in [1.165, 1.54) is 25.7 Å². The van der Waals surface area contributed by atoms with Gasteiger partial charge in [-0.1, -0.05) is 13.3 Å². The fourth-order valence-corrected chi connectivity index (χ4v) is 3.82. The van der Waals surface area contributed by atoms with Crippen LogP contribution >= 0.6 is 0 Å². The summed E-state index contributed by atoms with van der Waals surface area (Å²) in [7, 11) is 0. The number of pyridine rings is 1. The van der Waals surface area contributed by atoms with Crippen LogP contribution in [0.25, 0.3) is 0 Å². The van der Waals surface area contributed by atoms with E-state index in [0.29, 0.717) is 6.04 Å². The Hall–Kier alpha value is -1.58. The molecule has 1 aromatic rings. The van der Waals surface area contributed by atoms with Gasteiger partial charge in [-0.3, -0.25) is 4.79 Å². The summed E-state index contributed by atoms with van der Waals surface area (Å²) < 4.78 is 0. The van der Waals surface area contributed by atoms with Crippen molar-refractivity contribution in [3.8, 4) is 0 Å². The van der Waals surface area contributed by atoms with E-state index in [1.54, 1.807) is 6.20 Å². The molecule has 0 aromatic carbocycles. The number of hydrogen-bond donors (Lipinski definition) is 1. The third-order valence-corrected chi connectivity index (χ3v) is 4.83. The lowest BCUT2D eigenvalue weighted by molar-refractivity contribution is 0.0549. The van der Waals surface area contributed by atoms with Crippen LogP contribution in [0.4, 0.5) is 5.82 Å². The Morgan fingerprint density at radius 3 is 3.10 bits per heavy atom. The van der Waals surface area contributed by atoms with Gasteiger partial charge in [-0.15, -0.1) is 0 Å². The van der Waals surface area contributed by atoms with Crippen molar-refractivity contribution in [2.45, 2.75) is 51.5 Å². The molecule has 1 saturated heterocycles. The molecule has 4 nitrogen and oxygen atoms in total. The van der Waals surface area contributed by atoms with Gasteiger partial charge < -0.3 is 10.2 Å². The van der Waals surface area contributed by atoms with E-state index in [-0.39, 0.29) is 5.91 Å². The lowest BCUT2D eigenvalue weighted by Gasteiger charge is -2.38. The third-order valence-electron chi connectivity index (χ3n) is 4.83. The smallest absolute Gasteiger partial charge is 0.257 e. The largest absolute Gasteiger partial charge is 0.369 e. The molecule has 4 heteroatoms. The molecule has 0 radical (unpaired) electrons. The minimum atomic E-state index is 0.165. The first-order valence-corrected chi connectivity index (χ1v) is 8.31. The van der Waals surface area contributed by atoms with Crippen LogP contribution in [0.1, 0.15) is 55.8 Å². The first kappa shape index (κ1) is 14.4. The summed E-state index contributed by atoms with van der Waals surface area (Å²) in [6.45, 7) is 3.87. The predicted molar refractivity (Wildman–Crippen MR) is 84.4 cm³/mol. The van der Waals surface area contributed by atoms with E-state index < -0.39 is 0 Å². The van der Waals surface area contributed by atoms with Crippen LogP contribution in [0.5, 0.6) is 0 Å². The number of hydrogen-bond acceptors (Lipinski definition) is 3. The highest BCUT2D eigenvalue weighted by Gasteiger charge is 2.38. The quantitative estimate of drug-likeness (QED) is 0.924. The van der Waals surface area contributed by atoms with Crippen molar-refractivity contribution in [1.29, 1.82) is 0 Å². The van der Waals surface area contributed by atoms with Gasteiger partial charge in [-0.2, -0.15) is 0 Å². The highest BCUT2D eigenvalue weighted by Crippen LogP contribution is 2.37. The van der Waals surface area contributed by atoms with Crippen molar-refractivity contribution in [1.82, 2.24) is 9.88 Å². The van der Waals surface area contributed by atoms with E-state index >= 15 is 0 Å². The minimum Gasteiger partial charge on any atom is -0.369 e. The van der Waals surface area contributed by atoms with Crippen LogP contribution in [-0.4, -0.2) is 34.9 Å². The molecule has 21 heavy (non-hydrogen) atoms. The Labute approximate surface area is 126 Å². The molecule has 0 spiro atoms. The Morgan fingerprint density at radius 2 is 2.24 bits per heavy atom. The van der Waals surface area contributed by atoms with Gasteiger partial charge in [0, 0.05) is 25.3 Å². The summed E-state index contributed by atoms with van der Waals surface area (Å²) in [5.74, 6) is 1.63. The SMILES string of the molecule is CCCNc1ncccc1C(=O)N1CCCC2CCCC21. The summed E-state index contributed by atoms with van der Waals surface area (Å²) in [6.07, 6.45) is 8.96. The van der Waals surface area contributed by atoms with Gasteiger partial charge in [0.05, 0.1) is 5.56 Å². The first-order chi connectivity index (χ1) is 10.3. The van der Waals surface area contributed by atoms with Gasteiger partial charge in [-0.25, -0.2) is 4.98 Å². The molecule has 2 atom stereocenters. The number of rotatable bonds is 4. The molecular weight excluding hydrogens is 262 g/mol. The lowest BCUT2D eigenvalue weighted by atomic mass is 9.91. The Morgan fingerprint density at radius 1 is 1.38 bits per heavy atom. The van der Waals surface area contributed by atoms with E-state index in [4.69, 9.17) is 0 Å². The van der Waals surface area contributed by atoms with Gasteiger partial charge in [0.1, 0.15) is 5.82 Å². The number of fused-ring (bicyclic) bond motifs is 1. The van der Waals surface area contributed by atoms with Crippen LogP contribution in [0, 0.1) is 5.92 Å². The fourth-order valence-electron chi connectivity index (χ4n) is 3.82. The van der Waals surface area contributed by atoms with Gasteiger partial charge in [-0.05, 0) is 50.2 Å². The Balaban J connectivity index is 1.81. The molecule has 1 aliphatic carbocycles. The fraction of sp³-hybridized carbons (Fsp3) is 0.647. The number of anilines is 1. The molecule has 1 N–H and O–H groups in total. The van der Waals surface area contributed by atoms with Gasteiger partial charge in [0.25, 0.3) is 5.91 Å². The highest BCUT2D eigenvalue weighted by atomic mass is 16.2. The summed E-state index contributed by atoms with van der Waals surface area (Å²) >= 11 is 0. The number of nitrogens with one attached hydrogen (secondary N) is 1. The number of nitrogens with zero attached hydrogens (tertiary/aromatic N) is 2. The molecule has 3 rings (SSSR count). The minimum absolute atomic E-state index is 0.165. The standard InChI is InChI=1S/C17H25N3O/c1-2-10-18-16-14(8-4-11-19-16)17(21)20-12-5-7-13-6-3-9-15(13)20/h4,8,11,13,15H,2-3,5-7,9-10,12H2,1H3,(H,18,19). The average Bonchev–Trinajstić information content (AvgIpc) is 3.01. The number of likely N-dealkylation sites (tertiary alicyclic amines) is 1. The summed E-state index contributed by atoms with van der Waals surface area (Å²) in [5.41, 5.74) is 0.735. The van der Waals surface area contributed by atoms with Crippen molar-refractivity contribution in [3.05, 3.63) is 23.9 Å². The number of carbonyl (C=O) groups excluding carboxylic acids is 1. The molecule has 2 aliphatic rings. The third kappa shape index (κ3) is 2.89. The lowest BCUT2D eigenvalue weighted by Crippen LogP contribution is -2.46. The zero-order valence-electron chi connectivity index (χ0n) is 12.8. The number of carbonyl (C=O) groups is 1. The van der Waals surface area contributed by atoms with Gasteiger partial charge in [0.2, 0.25) is 0 Å². The normalized spacial score (nSPS) is 24.7. The van der Waals surface area contributed by atoms with E-state index in [1.807, 2.05) is 12.1 Å². The molecule has 0 bridgehead atoms. The maximum absolute atomic E-state index is 13.0. The van der Waals surface area contributed by atoms with E-state index in [2.05, 4.69) is 22.1 Å². The van der Waals surface area contributed by atoms with Gasteiger partial charge >= 0.3 is 0 Å². The molecule has 2 fully saturated rings. The molecule has 1 aliphatic heterocycles. The van der Waals surface area contributed by atoms with E-state index in [0.717, 1.165) is 43.2 Å². The molecular formula is C17H25N3O. The topological polar surface area (TPSA) is 45.2 Å². The van der Waals surface area contributed by atoms with Crippen molar-refractivity contribution in [3.63, 3.8) is 0 Å². The first-order valence-electron chi connectivity index (χ1n) is 8.31. The number of piperidine rings is 1. The molecule has 1 saturated carbocycles. The van der Waals surface area contributed by atoms with Crippen LogP contribution in [0.3, 0.4) is 0 Å². The summed E-state index contributed by atoms with van der Waals surface area (Å²) in [6, 6.07) is 4.23. The Bertz CT molecular complexity index is 503. The average molecular weight is 287 g/mol. The maximum atomic E-state index is 13.0. The predicted octanol–water partition coefficient (Wildman–Crippen LogP) is 3.31. The van der Waals surface area contributed by atoms with Crippen molar-refractivity contribution >= 4 is 11.7 Å². The molecule has 1 amide bonds. The van der Waals surface area contributed by atoms with Crippen LogP contribution in [-0.2, 0) is 0 Å². The maximum Gasteiger partial charge on any atom is 0.257 e. The number of aromatic nitrogens is 1.